The van der Waals surface area contributed by atoms with Crippen LogP contribution in [0, 0.1) is 18.2 Å². The minimum Gasteiger partial charge on any atom is -0.336 e. The predicted molar refractivity (Wildman–Crippen MR) is 145 cm³/mol. The Morgan fingerprint density at radius 3 is 2.72 bits per heavy atom. The zero-order chi connectivity index (χ0) is 27.3. The van der Waals surface area contributed by atoms with E-state index < -0.39 is 5.82 Å². The molecule has 6 rings (SSSR count). The van der Waals surface area contributed by atoms with Crippen LogP contribution < -0.4 is 5.32 Å². The van der Waals surface area contributed by atoms with Crippen LogP contribution in [0.1, 0.15) is 32.9 Å². The van der Waals surface area contributed by atoms with E-state index in [1.807, 2.05) is 33.9 Å². The second-order valence-corrected chi connectivity index (χ2v) is 10.6. The van der Waals surface area contributed by atoms with Gasteiger partial charge in [-0.2, -0.15) is 5.10 Å². The zero-order valence-electron chi connectivity index (χ0n) is 21.7. The number of anilines is 1. The van der Waals surface area contributed by atoms with Crippen molar-refractivity contribution in [3.63, 3.8) is 0 Å². The molecule has 6 aromatic heterocycles. The number of fused-ring (bicyclic) bond motifs is 2. The number of aryl methyl sites for hydroxylation is 1. The number of aromatic amines is 2. The molecule has 0 bridgehead atoms. The summed E-state index contributed by atoms with van der Waals surface area (Å²) in [5, 5.41) is 10.3. The molecule has 0 atom stereocenters. The first-order valence-electron chi connectivity index (χ1n) is 12.3. The minimum absolute atomic E-state index is 0.0805. The average Bonchev–Trinajstić information content (AvgIpc) is 3.60. The van der Waals surface area contributed by atoms with E-state index in [1.165, 1.54) is 18.6 Å². The lowest BCUT2D eigenvalue weighted by Gasteiger charge is -2.17. The third-order valence-corrected chi connectivity index (χ3v) is 6.09. The van der Waals surface area contributed by atoms with Crippen LogP contribution in [-0.2, 0) is 4.79 Å². The van der Waals surface area contributed by atoms with Crippen LogP contribution in [0.3, 0.4) is 0 Å². The SMILES string of the molecule is Cc1cn(-c2nccc3[nH]c(-c4n[nH]c5cnc(-c6cncc(NC(=O)CC(C)(C)C)c6)c(F)c45)nc23)cn1. The van der Waals surface area contributed by atoms with Crippen LogP contribution in [0.4, 0.5) is 10.1 Å². The van der Waals surface area contributed by atoms with E-state index in [1.54, 1.807) is 29.2 Å². The van der Waals surface area contributed by atoms with Gasteiger partial charge in [-0.25, -0.2) is 19.3 Å². The normalized spacial score (nSPS) is 11.9. The average molecular weight is 525 g/mol. The topological polar surface area (TPSA) is 143 Å². The molecule has 0 spiro atoms. The van der Waals surface area contributed by atoms with Gasteiger partial charge >= 0.3 is 0 Å². The monoisotopic (exact) mass is 524 g/mol. The van der Waals surface area contributed by atoms with Gasteiger partial charge in [-0.15, -0.1) is 0 Å². The Balaban J connectivity index is 1.40. The van der Waals surface area contributed by atoms with Crippen molar-refractivity contribution in [1.29, 1.82) is 0 Å². The molecule has 1 amide bonds. The Morgan fingerprint density at radius 2 is 1.95 bits per heavy atom. The number of carbonyl (C=O) groups excluding carboxylic acids is 1. The Bertz CT molecular complexity index is 1860. The summed E-state index contributed by atoms with van der Waals surface area (Å²) in [5.74, 6) is 0.238. The summed E-state index contributed by atoms with van der Waals surface area (Å²) in [6.45, 7) is 7.84. The molecule has 0 aliphatic heterocycles. The molecule has 0 aliphatic rings. The molecule has 12 heteroatoms. The molecule has 11 nitrogen and oxygen atoms in total. The van der Waals surface area contributed by atoms with Crippen molar-refractivity contribution in [2.24, 2.45) is 5.41 Å². The van der Waals surface area contributed by atoms with Crippen LogP contribution in [0.15, 0.2) is 49.4 Å². The molecular weight excluding hydrogens is 499 g/mol. The van der Waals surface area contributed by atoms with Crippen LogP contribution in [0.5, 0.6) is 0 Å². The van der Waals surface area contributed by atoms with Gasteiger partial charge in [0.2, 0.25) is 5.91 Å². The Morgan fingerprint density at radius 1 is 1.10 bits per heavy atom. The van der Waals surface area contributed by atoms with Gasteiger partial charge in [-0.3, -0.25) is 24.4 Å². The summed E-state index contributed by atoms with van der Waals surface area (Å²) in [6.07, 6.45) is 10.1. The van der Waals surface area contributed by atoms with Crippen LogP contribution in [-0.4, -0.2) is 50.6 Å². The number of hydrogen-bond donors (Lipinski definition) is 3. The first-order chi connectivity index (χ1) is 18.7. The number of amides is 1. The van der Waals surface area contributed by atoms with E-state index in [-0.39, 0.29) is 22.4 Å². The molecule has 6 aromatic rings. The predicted octanol–water partition coefficient (Wildman–Crippen LogP) is 4.97. The van der Waals surface area contributed by atoms with Gasteiger partial charge < -0.3 is 10.3 Å². The van der Waals surface area contributed by atoms with Gasteiger partial charge in [-0.05, 0) is 24.5 Å². The summed E-state index contributed by atoms with van der Waals surface area (Å²) in [4.78, 5) is 37.6. The van der Waals surface area contributed by atoms with Crippen molar-refractivity contribution in [1.82, 2.24) is 44.7 Å². The molecule has 39 heavy (non-hydrogen) atoms. The van der Waals surface area contributed by atoms with Gasteiger partial charge in [0.05, 0.1) is 40.2 Å². The van der Waals surface area contributed by atoms with Gasteiger partial charge in [-0.1, -0.05) is 20.8 Å². The molecule has 0 unspecified atom stereocenters. The van der Waals surface area contributed by atoms with Gasteiger partial charge in [0, 0.05) is 30.6 Å². The minimum atomic E-state index is -0.583. The Labute approximate surface area is 222 Å². The van der Waals surface area contributed by atoms with E-state index in [9.17, 15) is 4.79 Å². The third kappa shape index (κ3) is 4.60. The molecule has 0 radical (unpaired) electrons. The Kier molecular flexibility index (Phi) is 5.67. The largest absolute Gasteiger partial charge is 0.336 e. The van der Waals surface area contributed by atoms with Crippen molar-refractivity contribution >= 4 is 33.5 Å². The van der Waals surface area contributed by atoms with E-state index in [4.69, 9.17) is 4.98 Å². The van der Waals surface area contributed by atoms with Crippen LogP contribution in [0.25, 0.3) is 50.5 Å². The fourth-order valence-corrected chi connectivity index (χ4v) is 4.43. The summed E-state index contributed by atoms with van der Waals surface area (Å²) in [7, 11) is 0. The number of H-pyrrole nitrogens is 2. The lowest BCUT2D eigenvalue weighted by molar-refractivity contribution is -0.117. The molecule has 0 fully saturated rings. The molecule has 6 heterocycles. The first-order valence-corrected chi connectivity index (χ1v) is 12.3. The number of hydrogen-bond acceptors (Lipinski definition) is 7. The lowest BCUT2D eigenvalue weighted by Crippen LogP contribution is -2.19. The van der Waals surface area contributed by atoms with Crippen LogP contribution in [0.2, 0.25) is 0 Å². The molecule has 0 aromatic carbocycles. The maximum atomic E-state index is 16.0. The highest BCUT2D eigenvalue weighted by Crippen LogP contribution is 2.33. The van der Waals surface area contributed by atoms with E-state index in [0.29, 0.717) is 46.0 Å². The molecular formula is C27H25FN10O. The highest BCUT2D eigenvalue weighted by Gasteiger charge is 2.22. The molecule has 0 saturated heterocycles. The van der Waals surface area contributed by atoms with Crippen molar-refractivity contribution in [3.05, 3.63) is 61.0 Å². The maximum Gasteiger partial charge on any atom is 0.224 e. The third-order valence-electron chi connectivity index (χ3n) is 6.09. The molecule has 3 N–H and O–H groups in total. The van der Waals surface area contributed by atoms with Crippen molar-refractivity contribution in [3.8, 4) is 28.6 Å². The summed E-state index contributed by atoms with van der Waals surface area (Å²) in [6, 6.07) is 3.44. The number of halogens is 1. The Hall–Kier alpha value is -5.00. The van der Waals surface area contributed by atoms with Crippen molar-refractivity contribution in [2.75, 3.05) is 5.32 Å². The van der Waals surface area contributed by atoms with E-state index >= 15 is 4.39 Å². The number of pyridine rings is 3. The zero-order valence-corrected chi connectivity index (χ0v) is 21.7. The number of imidazole rings is 2. The standard InChI is InChI=1S/C27H25FN10O/c1-14-12-38(13-32-14)26-23-17(5-6-30-26)34-25(35-23)24-20-18(36-37-24)11-31-22(21(20)28)15-7-16(10-29-9-15)33-19(39)8-27(2,3)4/h5-7,9-13H,8H2,1-4H3,(H,33,39)(H,34,35)(H,36,37). The number of aromatic nitrogens is 9. The van der Waals surface area contributed by atoms with E-state index in [0.717, 1.165) is 11.2 Å². The smallest absolute Gasteiger partial charge is 0.224 e. The number of nitrogens with zero attached hydrogens (tertiary/aromatic N) is 7. The highest BCUT2D eigenvalue weighted by atomic mass is 19.1. The summed E-state index contributed by atoms with van der Waals surface area (Å²) in [5.41, 5.74) is 3.67. The highest BCUT2D eigenvalue weighted by molar-refractivity contribution is 5.96. The number of carbonyl (C=O) groups is 1. The fraction of sp³-hybridized carbons (Fsp3) is 0.222. The molecule has 0 aliphatic carbocycles. The number of rotatable bonds is 5. The van der Waals surface area contributed by atoms with Gasteiger partial charge in [0.25, 0.3) is 0 Å². The number of nitrogens with one attached hydrogen (secondary N) is 3. The maximum absolute atomic E-state index is 16.0. The van der Waals surface area contributed by atoms with Crippen LogP contribution >= 0.6 is 0 Å². The quantitative estimate of drug-likeness (QED) is 0.289. The van der Waals surface area contributed by atoms with Gasteiger partial charge in [0.15, 0.2) is 17.5 Å². The van der Waals surface area contributed by atoms with Crippen molar-refractivity contribution < 1.29 is 9.18 Å². The first kappa shape index (κ1) is 24.3. The van der Waals surface area contributed by atoms with Gasteiger partial charge in [0.1, 0.15) is 23.2 Å². The molecule has 196 valence electrons. The second kappa shape index (κ2) is 9.08. The lowest BCUT2D eigenvalue weighted by atomic mass is 9.92. The summed E-state index contributed by atoms with van der Waals surface area (Å²) < 4.78 is 17.8. The van der Waals surface area contributed by atoms with E-state index in [2.05, 4.69) is 40.4 Å². The van der Waals surface area contributed by atoms with Crippen molar-refractivity contribution in [2.45, 2.75) is 34.1 Å². The second-order valence-electron chi connectivity index (χ2n) is 10.6. The molecule has 0 saturated carbocycles. The summed E-state index contributed by atoms with van der Waals surface area (Å²) >= 11 is 0. The fourth-order valence-electron chi connectivity index (χ4n) is 4.43.